The van der Waals surface area contributed by atoms with Gasteiger partial charge < -0.3 is 0 Å². The van der Waals surface area contributed by atoms with Gasteiger partial charge in [0.15, 0.2) is 0 Å². The van der Waals surface area contributed by atoms with Gasteiger partial charge in [-0.3, -0.25) is 5.43 Å². The van der Waals surface area contributed by atoms with E-state index in [0.29, 0.717) is 24.8 Å². The van der Waals surface area contributed by atoms with Crippen LogP contribution < -0.4 is 5.43 Å². The van der Waals surface area contributed by atoms with Crippen LogP contribution in [0.15, 0.2) is 58.7 Å². The maximum Gasteiger partial charge on any atom is 0.244 e. The van der Waals surface area contributed by atoms with Crippen LogP contribution >= 0.6 is 0 Å². The van der Waals surface area contributed by atoms with Crippen LogP contribution in [0.2, 0.25) is 0 Å². The Morgan fingerprint density at radius 2 is 1.78 bits per heavy atom. The van der Waals surface area contributed by atoms with Crippen molar-refractivity contribution in [2.45, 2.75) is 39.0 Å². The van der Waals surface area contributed by atoms with E-state index in [4.69, 9.17) is 0 Å². The Bertz CT molecular complexity index is 843. The molecule has 1 aromatic carbocycles. The summed E-state index contributed by atoms with van der Waals surface area (Å²) in [5, 5.41) is 4.51. The molecule has 0 bridgehead atoms. The highest BCUT2D eigenvalue weighted by molar-refractivity contribution is 7.89. The van der Waals surface area contributed by atoms with Gasteiger partial charge in [-0.25, -0.2) is 13.4 Å². The van der Waals surface area contributed by atoms with Crippen LogP contribution in [0, 0.1) is 5.92 Å². The number of aromatic nitrogens is 1. The lowest BCUT2D eigenvalue weighted by atomic mass is 10.0. The molecule has 1 N–H and O–H groups in total. The first kappa shape index (κ1) is 21.1. The van der Waals surface area contributed by atoms with E-state index in [1.807, 2.05) is 44.2 Å². The fourth-order valence-electron chi connectivity index (χ4n) is 2.68. The van der Waals surface area contributed by atoms with Crippen molar-refractivity contribution in [2.24, 2.45) is 11.0 Å². The summed E-state index contributed by atoms with van der Waals surface area (Å²) in [4.78, 5) is 4.40. The molecular weight excluding hydrogens is 360 g/mol. The summed E-state index contributed by atoms with van der Waals surface area (Å²) >= 11 is 0. The second-order valence-electron chi connectivity index (χ2n) is 6.60. The number of sulfonamides is 1. The number of hydrogen-bond donors (Lipinski definition) is 1. The molecule has 0 amide bonds. The molecule has 0 saturated carbocycles. The van der Waals surface area contributed by atoms with Crippen LogP contribution in [0.5, 0.6) is 0 Å². The SMILES string of the molecule is CCN(CC)S(=O)(=O)c1ccc(N/N=C(/CC(C)C)c2ccccc2)nc1. The number of anilines is 1. The minimum atomic E-state index is -3.50. The molecule has 0 aliphatic carbocycles. The van der Waals surface area contributed by atoms with Gasteiger partial charge in [-0.2, -0.15) is 9.41 Å². The Balaban J connectivity index is 2.20. The largest absolute Gasteiger partial charge is 0.261 e. The van der Waals surface area contributed by atoms with Gasteiger partial charge in [0.25, 0.3) is 0 Å². The number of nitrogens with one attached hydrogen (secondary N) is 1. The van der Waals surface area contributed by atoms with E-state index in [9.17, 15) is 8.42 Å². The molecule has 1 heterocycles. The molecule has 0 spiro atoms. The third kappa shape index (κ3) is 5.61. The zero-order valence-electron chi connectivity index (χ0n) is 16.4. The van der Waals surface area contributed by atoms with Gasteiger partial charge in [-0.05, 0) is 30.0 Å². The third-order valence-corrected chi connectivity index (χ3v) is 6.13. The molecule has 146 valence electrons. The topological polar surface area (TPSA) is 74.7 Å². The Morgan fingerprint density at radius 1 is 1.11 bits per heavy atom. The minimum absolute atomic E-state index is 0.186. The number of pyridine rings is 1. The number of hydrazone groups is 1. The molecule has 2 rings (SSSR count). The Labute approximate surface area is 162 Å². The fourth-order valence-corrected chi connectivity index (χ4v) is 4.09. The third-order valence-electron chi connectivity index (χ3n) is 4.09. The van der Waals surface area contributed by atoms with Crippen molar-refractivity contribution >= 4 is 21.6 Å². The van der Waals surface area contributed by atoms with E-state index in [1.54, 1.807) is 12.1 Å². The van der Waals surface area contributed by atoms with Gasteiger partial charge in [0.1, 0.15) is 10.7 Å². The highest BCUT2D eigenvalue weighted by atomic mass is 32.2. The second kappa shape index (κ2) is 9.62. The van der Waals surface area contributed by atoms with E-state index in [2.05, 4.69) is 29.4 Å². The summed E-state index contributed by atoms with van der Waals surface area (Å²) in [5.74, 6) is 0.964. The zero-order valence-corrected chi connectivity index (χ0v) is 17.2. The van der Waals surface area contributed by atoms with Crippen molar-refractivity contribution in [3.63, 3.8) is 0 Å². The van der Waals surface area contributed by atoms with Crippen LogP contribution in [0.3, 0.4) is 0 Å². The van der Waals surface area contributed by atoms with Gasteiger partial charge in [-0.15, -0.1) is 0 Å². The quantitative estimate of drug-likeness (QED) is 0.521. The summed E-state index contributed by atoms with van der Waals surface area (Å²) in [5.41, 5.74) is 4.95. The van der Waals surface area contributed by atoms with E-state index < -0.39 is 10.0 Å². The Morgan fingerprint density at radius 3 is 2.30 bits per heavy atom. The predicted molar refractivity (Wildman–Crippen MR) is 110 cm³/mol. The van der Waals surface area contributed by atoms with Crippen LogP contribution in [-0.4, -0.2) is 36.5 Å². The molecule has 0 aliphatic heterocycles. The summed E-state index contributed by atoms with van der Waals surface area (Å²) in [6.07, 6.45) is 2.20. The number of benzene rings is 1. The smallest absolute Gasteiger partial charge is 0.244 e. The molecular formula is C20H28N4O2S. The Kier molecular flexibility index (Phi) is 7.50. The minimum Gasteiger partial charge on any atom is -0.261 e. The van der Waals surface area contributed by atoms with E-state index in [0.717, 1.165) is 17.7 Å². The van der Waals surface area contributed by atoms with Crippen molar-refractivity contribution in [3.8, 4) is 0 Å². The highest BCUT2D eigenvalue weighted by Crippen LogP contribution is 2.17. The lowest BCUT2D eigenvalue weighted by Crippen LogP contribution is -2.30. The van der Waals surface area contributed by atoms with Crippen molar-refractivity contribution in [2.75, 3.05) is 18.5 Å². The van der Waals surface area contributed by atoms with E-state index in [1.165, 1.54) is 10.5 Å². The maximum absolute atomic E-state index is 12.5. The van der Waals surface area contributed by atoms with Crippen LogP contribution in [0.4, 0.5) is 5.82 Å². The molecule has 0 fully saturated rings. The van der Waals surface area contributed by atoms with Crippen LogP contribution in [0.1, 0.15) is 39.7 Å². The molecule has 27 heavy (non-hydrogen) atoms. The standard InChI is InChI=1S/C20H28N4O2S/c1-5-24(6-2)27(25,26)18-12-13-20(21-15-18)23-22-19(14-16(3)4)17-10-8-7-9-11-17/h7-13,15-16H,5-6,14H2,1-4H3,(H,21,23)/b22-19-. The van der Waals surface area contributed by atoms with E-state index >= 15 is 0 Å². The number of hydrogen-bond acceptors (Lipinski definition) is 5. The molecule has 1 aromatic heterocycles. The molecule has 0 radical (unpaired) electrons. The first-order valence-corrected chi connectivity index (χ1v) is 10.7. The summed E-state index contributed by atoms with van der Waals surface area (Å²) in [6.45, 7) is 8.78. The average molecular weight is 389 g/mol. The molecule has 2 aromatic rings. The van der Waals surface area contributed by atoms with Gasteiger partial charge in [0.05, 0.1) is 5.71 Å². The summed E-state index contributed by atoms with van der Waals surface area (Å²) in [7, 11) is -3.50. The monoisotopic (exact) mass is 388 g/mol. The highest BCUT2D eigenvalue weighted by Gasteiger charge is 2.21. The normalized spacial score (nSPS) is 12.6. The maximum atomic E-state index is 12.5. The number of rotatable bonds is 9. The number of nitrogens with zero attached hydrogens (tertiary/aromatic N) is 3. The van der Waals surface area contributed by atoms with Crippen molar-refractivity contribution in [1.29, 1.82) is 0 Å². The second-order valence-corrected chi connectivity index (χ2v) is 8.54. The van der Waals surface area contributed by atoms with Crippen LogP contribution in [-0.2, 0) is 10.0 Å². The van der Waals surface area contributed by atoms with Crippen LogP contribution in [0.25, 0.3) is 0 Å². The molecule has 7 heteroatoms. The lowest BCUT2D eigenvalue weighted by Gasteiger charge is -2.18. The fraction of sp³-hybridized carbons (Fsp3) is 0.400. The molecule has 0 saturated heterocycles. The molecule has 0 unspecified atom stereocenters. The Hall–Kier alpha value is -2.25. The first-order valence-electron chi connectivity index (χ1n) is 9.22. The van der Waals surface area contributed by atoms with Gasteiger partial charge >= 0.3 is 0 Å². The zero-order chi connectivity index (χ0) is 19.9. The lowest BCUT2D eigenvalue weighted by molar-refractivity contribution is 0.445. The van der Waals surface area contributed by atoms with Gasteiger partial charge in [0.2, 0.25) is 10.0 Å². The van der Waals surface area contributed by atoms with Gasteiger partial charge in [0, 0.05) is 19.3 Å². The molecule has 0 atom stereocenters. The van der Waals surface area contributed by atoms with E-state index in [-0.39, 0.29) is 4.90 Å². The van der Waals surface area contributed by atoms with Gasteiger partial charge in [-0.1, -0.05) is 58.0 Å². The molecule has 6 nitrogen and oxygen atoms in total. The average Bonchev–Trinajstić information content (AvgIpc) is 2.66. The van der Waals surface area contributed by atoms with Crippen molar-refractivity contribution in [3.05, 3.63) is 54.2 Å². The summed E-state index contributed by atoms with van der Waals surface area (Å²) < 4.78 is 26.4. The first-order chi connectivity index (χ1) is 12.9. The molecule has 0 aliphatic rings. The van der Waals surface area contributed by atoms with Crippen molar-refractivity contribution in [1.82, 2.24) is 9.29 Å². The van der Waals surface area contributed by atoms with Crippen molar-refractivity contribution < 1.29 is 8.42 Å². The summed E-state index contributed by atoms with van der Waals surface area (Å²) in [6, 6.07) is 13.2. The predicted octanol–water partition coefficient (Wildman–Crippen LogP) is 3.97.